The number of rotatable bonds is 2. The van der Waals surface area contributed by atoms with Crippen LogP contribution in [0.15, 0.2) is 0 Å². The molecular formula is C7H7NO7. The van der Waals surface area contributed by atoms with Crippen LogP contribution in [-0.4, -0.2) is 50.2 Å². The zero-order valence-corrected chi connectivity index (χ0v) is 7.28. The van der Waals surface area contributed by atoms with Crippen LogP contribution in [0.3, 0.4) is 0 Å². The van der Waals surface area contributed by atoms with Crippen LogP contribution >= 0.6 is 0 Å². The maximum absolute atomic E-state index is 11.2. The number of carboxylic acids is 2. The highest BCUT2D eigenvalue weighted by Crippen LogP contribution is 2.25. The van der Waals surface area contributed by atoms with Gasteiger partial charge in [0, 0.05) is 6.42 Å². The second-order valence-corrected chi connectivity index (χ2v) is 2.97. The molecule has 0 saturated carbocycles. The van der Waals surface area contributed by atoms with Gasteiger partial charge in [0.25, 0.3) is 0 Å². The molecule has 1 rings (SSSR count). The summed E-state index contributed by atoms with van der Waals surface area (Å²) in [5.41, 5.74) is 0. The van der Waals surface area contributed by atoms with Gasteiger partial charge in [-0.3, -0.25) is 9.59 Å². The highest BCUT2D eigenvalue weighted by Gasteiger charge is 2.50. The van der Waals surface area contributed by atoms with Gasteiger partial charge in [-0.15, -0.1) is 0 Å². The van der Waals surface area contributed by atoms with E-state index in [2.05, 4.69) is 0 Å². The van der Waals surface area contributed by atoms with E-state index in [1.165, 1.54) is 0 Å². The molecule has 1 saturated heterocycles. The number of nitrogens with zero attached hydrogens (tertiary/aromatic N) is 1. The molecule has 1 fully saturated rings. The fourth-order valence-electron chi connectivity index (χ4n) is 1.40. The molecule has 0 bridgehead atoms. The molecule has 15 heavy (non-hydrogen) atoms. The minimum Gasteiger partial charge on any atom is -0.481 e. The number of carbonyl (C=O) groups is 4. The van der Waals surface area contributed by atoms with Gasteiger partial charge in [0.05, 0.1) is 0 Å². The normalized spacial score (nSPS) is 25.3. The van der Waals surface area contributed by atoms with Crippen molar-refractivity contribution in [1.82, 2.24) is 4.90 Å². The van der Waals surface area contributed by atoms with E-state index >= 15 is 0 Å². The fraction of sp³-hybridized carbons (Fsp3) is 0.429. The van der Waals surface area contributed by atoms with Crippen LogP contribution in [0.1, 0.15) is 6.42 Å². The van der Waals surface area contributed by atoms with Crippen molar-refractivity contribution in [3.8, 4) is 0 Å². The molecule has 2 unspecified atom stereocenters. The number of carboxylic acid groups (broad SMARTS) is 3. The molecule has 0 aromatic heterocycles. The summed E-state index contributed by atoms with van der Waals surface area (Å²) in [5.74, 6) is -5.85. The van der Waals surface area contributed by atoms with Crippen LogP contribution in [0.2, 0.25) is 0 Å². The number of hydrogen-bond acceptors (Lipinski definition) is 4. The zero-order valence-electron chi connectivity index (χ0n) is 7.28. The van der Waals surface area contributed by atoms with Crippen molar-refractivity contribution in [1.29, 1.82) is 0 Å². The first-order chi connectivity index (χ1) is 6.86. The molecule has 1 aliphatic heterocycles. The van der Waals surface area contributed by atoms with Gasteiger partial charge in [0.15, 0.2) is 0 Å². The van der Waals surface area contributed by atoms with Gasteiger partial charge in [-0.05, 0) is 0 Å². The number of likely N-dealkylation sites (tertiary alicyclic amines) is 1. The molecule has 0 radical (unpaired) electrons. The maximum Gasteiger partial charge on any atom is 0.414 e. The van der Waals surface area contributed by atoms with Gasteiger partial charge >= 0.3 is 18.0 Å². The van der Waals surface area contributed by atoms with Crippen LogP contribution < -0.4 is 0 Å². The molecule has 0 spiro atoms. The SMILES string of the molecule is O=C(O)C1CC(C(=O)O)N(C(=O)O)C1=O. The molecule has 2 amide bonds. The third-order valence-corrected chi connectivity index (χ3v) is 2.10. The lowest BCUT2D eigenvalue weighted by Crippen LogP contribution is -2.42. The van der Waals surface area contributed by atoms with Crippen molar-refractivity contribution in [2.45, 2.75) is 12.5 Å². The van der Waals surface area contributed by atoms with E-state index in [4.69, 9.17) is 15.3 Å². The van der Waals surface area contributed by atoms with E-state index in [9.17, 15) is 19.2 Å². The molecule has 3 N–H and O–H groups in total. The number of imide groups is 1. The Kier molecular flexibility index (Phi) is 2.60. The molecule has 2 atom stereocenters. The topological polar surface area (TPSA) is 132 Å². The maximum atomic E-state index is 11.2. The first-order valence-electron chi connectivity index (χ1n) is 3.88. The van der Waals surface area contributed by atoms with Crippen LogP contribution in [-0.2, 0) is 14.4 Å². The molecule has 0 aromatic rings. The van der Waals surface area contributed by atoms with Gasteiger partial charge in [-0.1, -0.05) is 0 Å². The van der Waals surface area contributed by atoms with Crippen molar-refractivity contribution < 1.29 is 34.5 Å². The Morgan fingerprint density at radius 3 is 1.93 bits per heavy atom. The first kappa shape index (κ1) is 11.0. The number of amides is 2. The summed E-state index contributed by atoms with van der Waals surface area (Å²) in [4.78, 5) is 42.9. The second-order valence-electron chi connectivity index (χ2n) is 2.97. The Balaban J connectivity index is 3.02. The Bertz CT molecular complexity index is 349. The third-order valence-electron chi connectivity index (χ3n) is 2.10. The molecule has 0 aliphatic carbocycles. The summed E-state index contributed by atoms with van der Waals surface area (Å²) in [5, 5.41) is 25.7. The second kappa shape index (κ2) is 3.56. The summed E-state index contributed by atoms with van der Waals surface area (Å²) in [7, 11) is 0. The lowest BCUT2D eigenvalue weighted by atomic mass is 10.1. The van der Waals surface area contributed by atoms with Crippen LogP contribution in [0.5, 0.6) is 0 Å². The third kappa shape index (κ3) is 1.73. The van der Waals surface area contributed by atoms with Crippen molar-refractivity contribution in [2.24, 2.45) is 5.92 Å². The standard InChI is InChI=1S/C7H7NO7/c9-4-2(5(10)11)1-3(6(12)13)8(4)7(14)15/h2-3H,1H2,(H,10,11)(H,12,13)(H,14,15). The summed E-state index contributed by atoms with van der Waals surface area (Å²) in [6.07, 6.45) is -2.29. The van der Waals surface area contributed by atoms with E-state index in [-0.39, 0.29) is 4.90 Å². The predicted molar refractivity (Wildman–Crippen MR) is 42.0 cm³/mol. The number of aliphatic carboxylic acids is 2. The Morgan fingerprint density at radius 1 is 1.13 bits per heavy atom. The lowest BCUT2D eigenvalue weighted by molar-refractivity contribution is -0.148. The van der Waals surface area contributed by atoms with Crippen molar-refractivity contribution in [3.63, 3.8) is 0 Å². The van der Waals surface area contributed by atoms with Crippen LogP contribution in [0, 0.1) is 5.92 Å². The molecule has 1 heterocycles. The minimum atomic E-state index is -1.75. The highest BCUT2D eigenvalue weighted by atomic mass is 16.4. The molecule has 82 valence electrons. The van der Waals surface area contributed by atoms with E-state index in [0.29, 0.717) is 0 Å². The van der Waals surface area contributed by atoms with E-state index in [1.807, 2.05) is 0 Å². The van der Waals surface area contributed by atoms with E-state index < -0.39 is 42.3 Å². The molecule has 8 heteroatoms. The van der Waals surface area contributed by atoms with Crippen molar-refractivity contribution in [2.75, 3.05) is 0 Å². The van der Waals surface area contributed by atoms with Crippen molar-refractivity contribution in [3.05, 3.63) is 0 Å². The largest absolute Gasteiger partial charge is 0.481 e. The lowest BCUT2D eigenvalue weighted by Gasteiger charge is -2.14. The quantitative estimate of drug-likeness (QED) is 0.508. The highest BCUT2D eigenvalue weighted by molar-refractivity contribution is 6.07. The van der Waals surface area contributed by atoms with Gasteiger partial charge in [-0.2, -0.15) is 0 Å². The Morgan fingerprint density at radius 2 is 1.67 bits per heavy atom. The van der Waals surface area contributed by atoms with Crippen molar-refractivity contribution >= 4 is 23.9 Å². The Hall–Kier alpha value is -2.12. The monoisotopic (exact) mass is 217 g/mol. The zero-order chi connectivity index (χ0) is 11.7. The average Bonchev–Trinajstić information content (AvgIpc) is 2.42. The Labute approximate surface area is 82.7 Å². The summed E-state index contributed by atoms with van der Waals surface area (Å²) >= 11 is 0. The summed E-state index contributed by atoms with van der Waals surface area (Å²) in [6, 6.07) is -1.61. The van der Waals surface area contributed by atoms with E-state index in [0.717, 1.165) is 0 Å². The molecule has 0 aromatic carbocycles. The van der Waals surface area contributed by atoms with Gasteiger partial charge < -0.3 is 15.3 Å². The van der Waals surface area contributed by atoms with Crippen LogP contribution in [0.4, 0.5) is 4.79 Å². The average molecular weight is 217 g/mol. The molecule has 1 aliphatic rings. The number of hydrogen-bond donors (Lipinski definition) is 3. The van der Waals surface area contributed by atoms with Crippen LogP contribution in [0.25, 0.3) is 0 Å². The van der Waals surface area contributed by atoms with E-state index in [1.54, 1.807) is 0 Å². The van der Waals surface area contributed by atoms with Gasteiger partial charge in [-0.25, -0.2) is 14.5 Å². The predicted octanol–water partition coefficient (Wildman–Crippen LogP) is -0.949. The molecule has 8 nitrogen and oxygen atoms in total. The van der Waals surface area contributed by atoms with Gasteiger partial charge in [0.1, 0.15) is 12.0 Å². The molecular weight excluding hydrogens is 210 g/mol. The minimum absolute atomic E-state index is 0.0428. The van der Waals surface area contributed by atoms with Gasteiger partial charge in [0.2, 0.25) is 5.91 Å². The number of carbonyl (C=O) groups excluding carboxylic acids is 1. The fourth-order valence-corrected chi connectivity index (χ4v) is 1.40. The summed E-state index contributed by atoms with van der Waals surface area (Å²) < 4.78 is 0. The smallest absolute Gasteiger partial charge is 0.414 e. The summed E-state index contributed by atoms with van der Waals surface area (Å²) in [6.45, 7) is 0. The first-order valence-corrected chi connectivity index (χ1v) is 3.88.